The highest BCUT2D eigenvalue weighted by atomic mass is 79.9. The number of hydrogen-bond acceptors (Lipinski definition) is 3. The Morgan fingerprint density at radius 2 is 2.10 bits per heavy atom. The summed E-state index contributed by atoms with van der Waals surface area (Å²) in [6.45, 7) is 1.94. The van der Waals surface area contributed by atoms with Crippen molar-refractivity contribution in [3.05, 3.63) is 62.1 Å². The molecular formula is C14H11BrClNO3. The lowest BCUT2D eigenvalue weighted by atomic mass is 10.1. The van der Waals surface area contributed by atoms with Gasteiger partial charge in [-0.15, -0.1) is 11.6 Å². The van der Waals surface area contributed by atoms with E-state index >= 15 is 0 Å². The molecule has 20 heavy (non-hydrogen) atoms. The fourth-order valence-corrected chi connectivity index (χ4v) is 2.52. The van der Waals surface area contributed by atoms with Gasteiger partial charge in [-0.05, 0) is 52.2 Å². The Morgan fingerprint density at radius 3 is 2.70 bits per heavy atom. The van der Waals surface area contributed by atoms with Crippen molar-refractivity contribution in [2.75, 3.05) is 0 Å². The largest absolute Gasteiger partial charge is 0.456 e. The topological polar surface area (TPSA) is 52.4 Å². The summed E-state index contributed by atoms with van der Waals surface area (Å²) in [4.78, 5) is 10.4. The summed E-state index contributed by atoms with van der Waals surface area (Å²) in [6.07, 6.45) is 0. The van der Waals surface area contributed by atoms with Gasteiger partial charge in [-0.3, -0.25) is 10.1 Å². The Morgan fingerprint density at radius 1 is 1.35 bits per heavy atom. The number of ether oxygens (including phenoxy) is 1. The highest BCUT2D eigenvalue weighted by molar-refractivity contribution is 9.10. The van der Waals surface area contributed by atoms with Crippen LogP contribution in [-0.2, 0) is 5.88 Å². The van der Waals surface area contributed by atoms with Crippen molar-refractivity contribution in [3.63, 3.8) is 0 Å². The van der Waals surface area contributed by atoms with E-state index in [2.05, 4.69) is 15.9 Å². The molecule has 0 aliphatic heterocycles. The Balaban J connectivity index is 2.33. The summed E-state index contributed by atoms with van der Waals surface area (Å²) >= 11 is 9.00. The predicted octanol–water partition coefficient (Wildman–Crippen LogP) is 5.20. The fourth-order valence-electron chi connectivity index (χ4n) is 1.73. The number of hydrogen-bond donors (Lipinski definition) is 0. The lowest BCUT2D eigenvalue weighted by molar-refractivity contribution is -0.385. The third kappa shape index (κ3) is 3.11. The molecule has 0 aliphatic rings. The second-order valence-electron chi connectivity index (χ2n) is 4.17. The van der Waals surface area contributed by atoms with Crippen molar-refractivity contribution in [1.29, 1.82) is 0 Å². The molecule has 2 aromatic carbocycles. The first kappa shape index (κ1) is 14.8. The second kappa shape index (κ2) is 6.24. The van der Waals surface area contributed by atoms with Crippen molar-refractivity contribution >= 4 is 33.2 Å². The smallest absolute Gasteiger partial charge is 0.287 e. The van der Waals surface area contributed by atoms with Gasteiger partial charge < -0.3 is 4.74 Å². The molecule has 0 N–H and O–H groups in total. The molecule has 0 saturated heterocycles. The van der Waals surface area contributed by atoms with Crippen LogP contribution in [0, 0.1) is 17.0 Å². The van der Waals surface area contributed by atoms with E-state index < -0.39 is 4.92 Å². The van der Waals surface area contributed by atoms with Crippen molar-refractivity contribution in [1.82, 2.24) is 0 Å². The summed E-state index contributed by atoms with van der Waals surface area (Å²) in [5.74, 6) is 1.45. The number of rotatable bonds is 4. The zero-order valence-electron chi connectivity index (χ0n) is 10.6. The minimum absolute atomic E-state index is 0.0309. The van der Waals surface area contributed by atoms with Gasteiger partial charge in [-0.2, -0.15) is 0 Å². The molecule has 4 nitrogen and oxygen atoms in total. The molecular weight excluding hydrogens is 346 g/mol. The second-order valence-corrected chi connectivity index (χ2v) is 5.23. The molecule has 0 unspecified atom stereocenters. The lowest BCUT2D eigenvalue weighted by Gasteiger charge is -2.10. The van der Waals surface area contributed by atoms with Crippen LogP contribution >= 0.6 is 27.5 Å². The third-order valence-corrected chi connectivity index (χ3v) is 3.91. The zero-order valence-corrected chi connectivity index (χ0v) is 12.9. The van der Waals surface area contributed by atoms with Gasteiger partial charge in [-0.25, -0.2) is 0 Å². The first-order valence-corrected chi connectivity index (χ1v) is 7.12. The third-order valence-electron chi connectivity index (χ3n) is 2.83. The Kier molecular flexibility index (Phi) is 4.62. The van der Waals surface area contributed by atoms with Crippen LogP contribution in [-0.4, -0.2) is 4.92 Å². The molecule has 0 aromatic heterocycles. The molecule has 0 saturated carbocycles. The van der Waals surface area contributed by atoms with Gasteiger partial charge in [0.15, 0.2) is 0 Å². The van der Waals surface area contributed by atoms with Crippen molar-refractivity contribution in [2.45, 2.75) is 12.8 Å². The molecule has 0 heterocycles. The molecule has 0 aliphatic carbocycles. The predicted molar refractivity (Wildman–Crippen MR) is 81.6 cm³/mol. The van der Waals surface area contributed by atoms with Crippen LogP contribution in [0.1, 0.15) is 11.1 Å². The van der Waals surface area contributed by atoms with Crippen LogP contribution in [0.15, 0.2) is 40.9 Å². The van der Waals surface area contributed by atoms with Crippen LogP contribution in [0.4, 0.5) is 5.69 Å². The van der Waals surface area contributed by atoms with E-state index in [1.807, 2.05) is 19.1 Å². The maximum atomic E-state index is 10.9. The summed E-state index contributed by atoms with van der Waals surface area (Å²) in [5.41, 5.74) is 2.01. The Labute approximate surface area is 129 Å². The molecule has 0 bridgehead atoms. The molecule has 0 atom stereocenters. The monoisotopic (exact) mass is 355 g/mol. The van der Waals surface area contributed by atoms with Gasteiger partial charge in [0.1, 0.15) is 16.0 Å². The number of nitro benzene ring substituents is 1. The molecule has 104 valence electrons. The van der Waals surface area contributed by atoms with Gasteiger partial charge in [0, 0.05) is 11.9 Å². The van der Waals surface area contributed by atoms with E-state index in [0.29, 0.717) is 21.9 Å². The molecule has 0 spiro atoms. The van der Waals surface area contributed by atoms with Crippen LogP contribution in [0.5, 0.6) is 11.5 Å². The first-order chi connectivity index (χ1) is 9.52. The van der Waals surface area contributed by atoms with Gasteiger partial charge in [0.2, 0.25) is 0 Å². The molecule has 0 radical (unpaired) electrons. The average molecular weight is 357 g/mol. The summed E-state index contributed by atoms with van der Waals surface area (Å²) < 4.78 is 6.01. The summed E-state index contributed by atoms with van der Waals surface area (Å²) in [6, 6.07) is 10.2. The van der Waals surface area contributed by atoms with E-state index in [0.717, 1.165) is 11.1 Å². The lowest BCUT2D eigenvalue weighted by Crippen LogP contribution is -1.93. The first-order valence-electron chi connectivity index (χ1n) is 5.79. The Bertz CT molecular complexity index is 661. The van der Waals surface area contributed by atoms with Crippen LogP contribution in [0.2, 0.25) is 0 Å². The van der Waals surface area contributed by atoms with Gasteiger partial charge in [0.05, 0.1) is 4.92 Å². The summed E-state index contributed by atoms with van der Waals surface area (Å²) in [5, 5.41) is 10.9. The number of nitro groups is 1. The maximum absolute atomic E-state index is 10.9. The molecule has 0 amide bonds. The molecule has 6 heteroatoms. The van der Waals surface area contributed by atoms with Crippen LogP contribution in [0.3, 0.4) is 0 Å². The number of halogens is 2. The van der Waals surface area contributed by atoms with E-state index in [4.69, 9.17) is 16.3 Å². The minimum atomic E-state index is -0.460. The van der Waals surface area contributed by atoms with Gasteiger partial charge >= 0.3 is 0 Å². The van der Waals surface area contributed by atoms with E-state index in [1.165, 1.54) is 6.07 Å². The molecule has 2 aromatic rings. The number of aryl methyl sites for hydroxylation is 1. The van der Waals surface area contributed by atoms with E-state index in [-0.39, 0.29) is 5.69 Å². The van der Waals surface area contributed by atoms with Crippen molar-refractivity contribution in [2.24, 2.45) is 0 Å². The number of nitrogens with zero attached hydrogens (tertiary/aromatic N) is 1. The van der Waals surface area contributed by atoms with Crippen LogP contribution < -0.4 is 4.74 Å². The molecule has 2 rings (SSSR count). The summed E-state index contributed by atoms with van der Waals surface area (Å²) in [7, 11) is 0. The highest BCUT2D eigenvalue weighted by Gasteiger charge is 2.16. The zero-order chi connectivity index (χ0) is 14.7. The van der Waals surface area contributed by atoms with Crippen LogP contribution in [0.25, 0.3) is 0 Å². The maximum Gasteiger partial charge on any atom is 0.287 e. The SMILES string of the molecule is Cc1cc(Oc2cccc([N+](=O)[O-])c2Br)ccc1CCl. The average Bonchev–Trinajstić information content (AvgIpc) is 2.41. The normalized spacial score (nSPS) is 10.3. The molecule has 0 fully saturated rings. The standard InChI is InChI=1S/C14H11BrClNO3/c1-9-7-11(6-5-10(9)8-16)20-13-4-2-3-12(14(13)15)17(18)19/h2-7H,8H2,1H3. The quantitative estimate of drug-likeness (QED) is 0.430. The van der Waals surface area contributed by atoms with Gasteiger partial charge in [0.25, 0.3) is 5.69 Å². The number of alkyl halides is 1. The van der Waals surface area contributed by atoms with Crippen molar-refractivity contribution in [3.8, 4) is 11.5 Å². The number of benzene rings is 2. The van der Waals surface area contributed by atoms with Gasteiger partial charge in [-0.1, -0.05) is 12.1 Å². The Hall–Kier alpha value is -1.59. The van der Waals surface area contributed by atoms with Crippen molar-refractivity contribution < 1.29 is 9.66 Å². The van der Waals surface area contributed by atoms with E-state index in [9.17, 15) is 10.1 Å². The fraction of sp³-hybridized carbons (Fsp3) is 0.143. The van der Waals surface area contributed by atoms with E-state index in [1.54, 1.807) is 18.2 Å². The minimum Gasteiger partial charge on any atom is -0.456 e. The highest BCUT2D eigenvalue weighted by Crippen LogP contribution is 2.36.